The molecule has 0 bridgehead atoms. The van der Waals surface area contributed by atoms with Crippen LogP contribution in [-0.2, 0) is 11.3 Å². The van der Waals surface area contributed by atoms with Crippen LogP contribution in [0, 0.1) is 11.6 Å². The molecule has 0 fully saturated rings. The fraction of sp³-hybridized carbons (Fsp3) is 0.194. The maximum absolute atomic E-state index is 13.7. The molecule has 1 amide bonds. The zero-order chi connectivity index (χ0) is 28.7. The van der Waals surface area contributed by atoms with Crippen LogP contribution in [0.2, 0.25) is 0 Å². The SMILES string of the molecule is CSCCC(C)(NC(=O)c1ccc(/C=C(\Cn2ccnc2)c2ccc(F)cc2)cc1-c1ccc(F)cc1)C(=O)O. The minimum atomic E-state index is -1.46. The number of carboxylic acids is 1. The van der Waals surface area contributed by atoms with E-state index >= 15 is 0 Å². The standard InChI is InChI=1S/C31H29F2N3O3S/c1-31(30(38)39,13-16-40-2)35-29(37)27-12-3-21(18-28(27)23-6-10-26(33)11-7-23)17-24(19-36-15-14-34-20-36)22-4-8-25(32)9-5-22/h3-12,14-15,17-18,20H,13,16,19H2,1-2H3,(H,35,37)(H,38,39)/b24-17+. The van der Waals surface area contributed by atoms with Crippen LogP contribution in [0.3, 0.4) is 0 Å². The van der Waals surface area contributed by atoms with Crippen molar-refractivity contribution < 1.29 is 23.5 Å². The van der Waals surface area contributed by atoms with Gasteiger partial charge in [-0.15, -0.1) is 0 Å². The smallest absolute Gasteiger partial charge is 0.329 e. The number of thioether (sulfide) groups is 1. The van der Waals surface area contributed by atoms with Crippen molar-refractivity contribution in [3.63, 3.8) is 0 Å². The van der Waals surface area contributed by atoms with Gasteiger partial charge in [0.2, 0.25) is 0 Å². The Labute approximate surface area is 235 Å². The lowest BCUT2D eigenvalue weighted by Gasteiger charge is -2.26. The highest BCUT2D eigenvalue weighted by Gasteiger charge is 2.35. The van der Waals surface area contributed by atoms with Crippen molar-refractivity contribution >= 4 is 35.3 Å². The van der Waals surface area contributed by atoms with Crippen molar-refractivity contribution in [2.24, 2.45) is 0 Å². The van der Waals surface area contributed by atoms with Crippen LogP contribution in [0.15, 0.2) is 85.5 Å². The summed E-state index contributed by atoms with van der Waals surface area (Å²) in [6, 6.07) is 17.1. The Kier molecular flexibility index (Phi) is 9.16. The van der Waals surface area contributed by atoms with Crippen molar-refractivity contribution in [3.05, 3.63) is 114 Å². The van der Waals surface area contributed by atoms with Crippen molar-refractivity contribution in [1.82, 2.24) is 14.9 Å². The van der Waals surface area contributed by atoms with Crippen molar-refractivity contribution in [3.8, 4) is 11.1 Å². The highest BCUT2D eigenvalue weighted by atomic mass is 32.2. The van der Waals surface area contributed by atoms with Gasteiger partial charge in [-0.3, -0.25) is 4.79 Å². The van der Waals surface area contributed by atoms with E-state index in [2.05, 4.69) is 10.3 Å². The third-order valence-electron chi connectivity index (χ3n) is 6.58. The topological polar surface area (TPSA) is 84.2 Å². The molecule has 1 heterocycles. The molecule has 40 heavy (non-hydrogen) atoms. The van der Waals surface area contributed by atoms with Gasteiger partial charge in [-0.25, -0.2) is 18.6 Å². The summed E-state index contributed by atoms with van der Waals surface area (Å²) >= 11 is 1.49. The summed E-state index contributed by atoms with van der Waals surface area (Å²) in [7, 11) is 0. The normalized spacial score (nSPS) is 13.1. The van der Waals surface area contributed by atoms with E-state index in [1.54, 1.807) is 55.0 Å². The first-order chi connectivity index (χ1) is 19.2. The molecule has 1 unspecified atom stereocenters. The van der Waals surface area contributed by atoms with E-state index in [-0.39, 0.29) is 17.8 Å². The van der Waals surface area contributed by atoms with Crippen LogP contribution in [0.4, 0.5) is 8.78 Å². The molecule has 0 aliphatic rings. The number of halogens is 2. The molecule has 206 valence electrons. The molecule has 1 atom stereocenters. The van der Waals surface area contributed by atoms with Gasteiger partial charge in [-0.1, -0.05) is 30.3 Å². The number of aliphatic carboxylic acids is 1. The first-order valence-electron chi connectivity index (χ1n) is 12.6. The van der Waals surface area contributed by atoms with Crippen LogP contribution in [0.25, 0.3) is 22.8 Å². The number of hydrogen-bond acceptors (Lipinski definition) is 4. The lowest BCUT2D eigenvalue weighted by atomic mass is 9.93. The molecule has 0 aliphatic carbocycles. The second-order valence-electron chi connectivity index (χ2n) is 9.56. The Morgan fingerprint density at radius 3 is 2.33 bits per heavy atom. The Morgan fingerprint density at radius 2 is 1.73 bits per heavy atom. The summed E-state index contributed by atoms with van der Waals surface area (Å²) in [6.07, 6.45) is 9.23. The summed E-state index contributed by atoms with van der Waals surface area (Å²) in [5.74, 6) is -1.87. The number of nitrogens with one attached hydrogen (secondary N) is 1. The molecule has 0 aliphatic heterocycles. The number of hydrogen-bond donors (Lipinski definition) is 2. The van der Waals surface area contributed by atoms with Gasteiger partial charge in [0.15, 0.2) is 0 Å². The van der Waals surface area contributed by atoms with E-state index in [1.165, 1.54) is 43.0 Å². The summed E-state index contributed by atoms with van der Waals surface area (Å²) in [5.41, 5.74) is 2.35. The first kappa shape index (κ1) is 28.8. The second kappa shape index (κ2) is 12.7. The van der Waals surface area contributed by atoms with Crippen molar-refractivity contribution in [2.45, 2.75) is 25.4 Å². The summed E-state index contributed by atoms with van der Waals surface area (Å²) in [4.78, 5) is 29.6. The molecule has 6 nitrogen and oxygen atoms in total. The highest BCUT2D eigenvalue weighted by Crippen LogP contribution is 2.29. The van der Waals surface area contributed by atoms with Crippen LogP contribution < -0.4 is 5.32 Å². The van der Waals surface area contributed by atoms with Gasteiger partial charge in [0, 0.05) is 24.5 Å². The molecule has 4 rings (SSSR count). The molecule has 0 radical (unpaired) electrons. The van der Waals surface area contributed by atoms with E-state index in [9.17, 15) is 23.5 Å². The van der Waals surface area contributed by atoms with E-state index in [4.69, 9.17) is 0 Å². The van der Waals surface area contributed by atoms with Gasteiger partial charge in [-0.05, 0) is 95.7 Å². The maximum atomic E-state index is 13.7. The number of carbonyl (C=O) groups excluding carboxylic acids is 1. The number of carboxylic acid groups (broad SMARTS) is 1. The fourth-order valence-corrected chi connectivity index (χ4v) is 4.84. The maximum Gasteiger partial charge on any atom is 0.329 e. The molecule has 2 N–H and O–H groups in total. The van der Waals surface area contributed by atoms with Gasteiger partial charge in [-0.2, -0.15) is 11.8 Å². The molecule has 3 aromatic carbocycles. The molecule has 4 aromatic rings. The molecule has 0 spiro atoms. The molecule has 1 aromatic heterocycles. The molecular weight excluding hydrogens is 532 g/mol. The molecule has 0 saturated heterocycles. The third-order valence-corrected chi connectivity index (χ3v) is 7.19. The zero-order valence-electron chi connectivity index (χ0n) is 22.1. The van der Waals surface area contributed by atoms with E-state index < -0.39 is 23.2 Å². The summed E-state index contributed by atoms with van der Waals surface area (Å²) < 4.78 is 29.3. The Hall–Kier alpha value is -4.24. The number of rotatable bonds is 11. The van der Waals surface area contributed by atoms with Crippen molar-refractivity contribution in [1.29, 1.82) is 0 Å². The monoisotopic (exact) mass is 561 g/mol. The van der Waals surface area contributed by atoms with Crippen molar-refractivity contribution in [2.75, 3.05) is 12.0 Å². The minimum Gasteiger partial charge on any atom is -0.480 e. The van der Waals surface area contributed by atoms with Crippen LogP contribution in [0.5, 0.6) is 0 Å². The zero-order valence-corrected chi connectivity index (χ0v) is 22.9. The first-order valence-corrected chi connectivity index (χ1v) is 13.9. The fourth-order valence-electron chi connectivity index (χ4n) is 4.23. The summed E-state index contributed by atoms with van der Waals surface area (Å²) in [5, 5.41) is 12.5. The van der Waals surface area contributed by atoms with Gasteiger partial charge >= 0.3 is 5.97 Å². The quantitative estimate of drug-likeness (QED) is 0.207. The highest BCUT2D eigenvalue weighted by molar-refractivity contribution is 7.98. The number of imidazole rings is 1. The van der Waals surface area contributed by atoms with Gasteiger partial charge in [0.05, 0.1) is 6.33 Å². The van der Waals surface area contributed by atoms with Crippen LogP contribution >= 0.6 is 11.8 Å². The minimum absolute atomic E-state index is 0.247. The Balaban J connectivity index is 1.78. The number of allylic oxidation sites excluding steroid dienone is 1. The van der Waals surface area contributed by atoms with E-state index in [1.807, 2.05) is 23.1 Å². The Morgan fingerprint density at radius 1 is 1.05 bits per heavy atom. The second-order valence-corrected chi connectivity index (χ2v) is 10.5. The number of carbonyl (C=O) groups is 2. The third kappa shape index (κ3) is 7.04. The van der Waals surface area contributed by atoms with Gasteiger partial charge in [0.1, 0.15) is 17.2 Å². The summed E-state index contributed by atoms with van der Waals surface area (Å²) in [6.45, 7) is 1.95. The number of nitrogens with zero attached hydrogens (tertiary/aromatic N) is 2. The number of amides is 1. The van der Waals surface area contributed by atoms with Gasteiger partial charge in [0.25, 0.3) is 5.91 Å². The van der Waals surface area contributed by atoms with E-state index in [0.29, 0.717) is 23.4 Å². The average Bonchev–Trinajstić information content (AvgIpc) is 3.45. The average molecular weight is 562 g/mol. The van der Waals surface area contributed by atoms with Gasteiger partial charge < -0.3 is 15.0 Å². The lowest BCUT2D eigenvalue weighted by molar-refractivity contribution is -0.143. The lowest BCUT2D eigenvalue weighted by Crippen LogP contribution is -2.52. The molecular formula is C31H29F2N3O3S. The molecule has 9 heteroatoms. The van der Waals surface area contributed by atoms with E-state index in [0.717, 1.165) is 16.7 Å². The number of benzene rings is 3. The predicted octanol–water partition coefficient (Wildman–Crippen LogP) is 6.40. The predicted molar refractivity (Wildman–Crippen MR) is 155 cm³/mol. The van der Waals surface area contributed by atoms with Crippen LogP contribution in [-0.4, -0.2) is 44.1 Å². The Bertz CT molecular complexity index is 1500. The number of aromatic nitrogens is 2. The largest absolute Gasteiger partial charge is 0.480 e. The van der Waals surface area contributed by atoms with Crippen LogP contribution in [0.1, 0.15) is 34.8 Å². The molecule has 0 saturated carbocycles.